The molecule has 3 aromatic rings. The minimum atomic E-state index is -3.54. The molecule has 1 aliphatic heterocycles. The average Bonchev–Trinajstić information content (AvgIpc) is 3.12. The first-order valence-electron chi connectivity index (χ1n) is 11.6. The van der Waals surface area contributed by atoms with Crippen molar-refractivity contribution in [3.8, 4) is 0 Å². The minimum Gasteiger partial charge on any atom is -0.309 e. The van der Waals surface area contributed by atoms with Gasteiger partial charge in [-0.15, -0.1) is 11.3 Å². The highest BCUT2D eigenvalue weighted by Gasteiger charge is 2.31. The smallest absolute Gasteiger partial charge is 0.259 e. The van der Waals surface area contributed by atoms with Crippen LogP contribution in [0.1, 0.15) is 45.8 Å². The third-order valence-corrected chi connectivity index (χ3v) is 10.2. The second-order valence-corrected chi connectivity index (χ2v) is 12.3. The van der Waals surface area contributed by atoms with Crippen LogP contribution in [-0.4, -0.2) is 53.8 Å². The lowest BCUT2D eigenvalue weighted by molar-refractivity contribution is 0.178. The van der Waals surface area contributed by atoms with Gasteiger partial charge in [-0.1, -0.05) is 17.7 Å². The molecule has 9 heteroatoms. The van der Waals surface area contributed by atoms with Gasteiger partial charge < -0.3 is 4.98 Å². The molecule has 1 N–H and O–H groups in total. The maximum atomic E-state index is 13.3. The summed E-state index contributed by atoms with van der Waals surface area (Å²) in [5, 5.41) is 0.776. The Hall–Kier alpha value is -2.07. The van der Waals surface area contributed by atoms with Crippen LogP contribution < -0.4 is 5.56 Å². The van der Waals surface area contributed by atoms with Crippen LogP contribution in [-0.2, 0) is 29.4 Å². The number of thiophene rings is 1. The van der Waals surface area contributed by atoms with Crippen LogP contribution in [0.4, 0.5) is 0 Å². The first-order chi connectivity index (χ1) is 15.7. The van der Waals surface area contributed by atoms with E-state index in [0.717, 1.165) is 46.2 Å². The Labute approximate surface area is 198 Å². The van der Waals surface area contributed by atoms with E-state index in [1.165, 1.54) is 16.9 Å². The zero-order chi connectivity index (χ0) is 23.3. The Balaban J connectivity index is 1.31. The predicted molar refractivity (Wildman–Crippen MR) is 132 cm³/mol. The van der Waals surface area contributed by atoms with Gasteiger partial charge in [0.05, 0.1) is 16.8 Å². The number of benzene rings is 1. The number of nitrogens with one attached hydrogen (secondary N) is 1. The van der Waals surface area contributed by atoms with Gasteiger partial charge in [-0.2, -0.15) is 4.31 Å². The molecule has 1 aromatic carbocycles. The lowest BCUT2D eigenvalue weighted by atomic mass is 9.97. The fourth-order valence-electron chi connectivity index (χ4n) is 5.33. The lowest BCUT2D eigenvalue weighted by Crippen LogP contribution is -2.48. The van der Waals surface area contributed by atoms with Crippen LogP contribution in [0.5, 0.6) is 0 Å². The highest BCUT2D eigenvalue weighted by atomic mass is 32.2. The van der Waals surface area contributed by atoms with E-state index < -0.39 is 10.0 Å². The van der Waals surface area contributed by atoms with E-state index in [1.807, 2.05) is 32.9 Å². The molecule has 1 fully saturated rings. The van der Waals surface area contributed by atoms with Gasteiger partial charge in [0.15, 0.2) is 0 Å². The highest BCUT2D eigenvalue weighted by molar-refractivity contribution is 7.89. The molecule has 0 saturated carbocycles. The highest BCUT2D eigenvalue weighted by Crippen LogP contribution is 2.33. The van der Waals surface area contributed by atoms with E-state index in [4.69, 9.17) is 4.98 Å². The monoisotopic (exact) mass is 486 g/mol. The number of hydrogen-bond acceptors (Lipinski definition) is 6. The summed E-state index contributed by atoms with van der Waals surface area (Å²) in [4.78, 5) is 25.3. The predicted octanol–water partition coefficient (Wildman–Crippen LogP) is 3.30. The topological polar surface area (TPSA) is 86.4 Å². The van der Waals surface area contributed by atoms with Crippen LogP contribution >= 0.6 is 11.3 Å². The molecule has 0 unspecified atom stereocenters. The number of nitrogens with zero attached hydrogens (tertiary/aromatic N) is 3. The van der Waals surface area contributed by atoms with Crippen molar-refractivity contribution in [2.45, 2.75) is 57.9 Å². The second-order valence-electron chi connectivity index (χ2n) is 9.31. The van der Waals surface area contributed by atoms with Crippen LogP contribution in [0.15, 0.2) is 21.8 Å². The fraction of sp³-hybridized carbons (Fsp3) is 0.500. The number of aromatic nitrogens is 2. The Morgan fingerprint density at radius 2 is 1.70 bits per heavy atom. The molecule has 7 nitrogen and oxygen atoms in total. The molecule has 0 bridgehead atoms. The number of aryl methyl sites for hydroxylation is 5. The van der Waals surface area contributed by atoms with Crippen molar-refractivity contribution in [2.75, 3.05) is 26.2 Å². The van der Waals surface area contributed by atoms with Crippen molar-refractivity contribution in [1.29, 1.82) is 0 Å². The van der Waals surface area contributed by atoms with Crippen molar-refractivity contribution in [2.24, 2.45) is 0 Å². The number of H-pyrrole nitrogens is 1. The number of aromatic amines is 1. The summed E-state index contributed by atoms with van der Waals surface area (Å²) < 4.78 is 28.3. The number of rotatable bonds is 4. The summed E-state index contributed by atoms with van der Waals surface area (Å²) in [6.07, 6.45) is 4.32. The molecule has 1 aliphatic carbocycles. The Morgan fingerprint density at radius 1 is 1.03 bits per heavy atom. The third-order valence-electron chi connectivity index (χ3n) is 6.78. The Morgan fingerprint density at radius 3 is 2.39 bits per heavy atom. The van der Waals surface area contributed by atoms with E-state index in [-0.39, 0.29) is 5.56 Å². The second kappa shape index (κ2) is 8.61. The number of hydrogen-bond donors (Lipinski definition) is 1. The van der Waals surface area contributed by atoms with Crippen molar-refractivity contribution >= 4 is 31.6 Å². The quantitative estimate of drug-likeness (QED) is 0.612. The molecule has 0 radical (unpaired) electrons. The van der Waals surface area contributed by atoms with E-state index >= 15 is 0 Å². The summed E-state index contributed by atoms with van der Waals surface area (Å²) in [5.74, 6) is 0.660. The fourth-order valence-corrected chi connectivity index (χ4v) is 8.44. The third kappa shape index (κ3) is 4.16. The van der Waals surface area contributed by atoms with Crippen LogP contribution in [0.3, 0.4) is 0 Å². The molecule has 176 valence electrons. The molecule has 0 amide bonds. The van der Waals surface area contributed by atoms with Crippen LogP contribution in [0.2, 0.25) is 0 Å². The maximum Gasteiger partial charge on any atom is 0.259 e. The Kier molecular flexibility index (Phi) is 5.93. The molecule has 33 heavy (non-hydrogen) atoms. The molecule has 0 atom stereocenters. The van der Waals surface area contributed by atoms with Gasteiger partial charge in [0.1, 0.15) is 10.7 Å². The molecule has 0 spiro atoms. The summed E-state index contributed by atoms with van der Waals surface area (Å²) in [5.41, 5.74) is 3.81. The lowest BCUT2D eigenvalue weighted by Gasteiger charge is -2.34. The van der Waals surface area contributed by atoms with Gasteiger partial charge in [-0.25, -0.2) is 13.4 Å². The first-order valence-corrected chi connectivity index (χ1v) is 13.8. The van der Waals surface area contributed by atoms with Crippen molar-refractivity contribution in [3.63, 3.8) is 0 Å². The van der Waals surface area contributed by atoms with E-state index in [9.17, 15) is 13.2 Å². The molecular formula is C24H30N4O3S2. The van der Waals surface area contributed by atoms with Crippen LogP contribution in [0, 0.1) is 20.8 Å². The average molecular weight is 487 g/mol. The van der Waals surface area contributed by atoms with Crippen molar-refractivity contribution < 1.29 is 8.42 Å². The molecule has 5 rings (SSSR count). The molecule has 1 saturated heterocycles. The normalized spacial score (nSPS) is 18.0. The van der Waals surface area contributed by atoms with Gasteiger partial charge in [0.25, 0.3) is 5.56 Å². The summed E-state index contributed by atoms with van der Waals surface area (Å²) in [7, 11) is -3.54. The summed E-state index contributed by atoms with van der Waals surface area (Å²) >= 11 is 1.66. The largest absolute Gasteiger partial charge is 0.309 e. The van der Waals surface area contributed by atoms with E-state index in [0.29, 0.717) is 43.4 Å². The molecule has 2 aliphatic rings. The van der Waals surface area contributed by atoms with E-state index in [2.05, 4.69) is 9.88 Å². The van der Waals surface area contributed by atoms with Gasteiger partial charge in [-0.3, -0.25) is 9.69 Å². The van der Waals surface area contributed by atoms with Crippen LogP contribution in [0.25, 0.3) is 10.2 Å². The Bertz CT molecular complexity index is 1360. The molecule has 2 aromatic heterocycles. The van der Waals surface area contributed by atoms with Gasteiger partial charge in [-0.05, 0) is 63.1 Å². The number of piperazine rings is 1. The van der Waals surface area contributed by atoms with Gasteiger partial charge in [0, 0.05) is 31.1 Å². The van der Waals surface area contributed by atoms with Gasteiger partial charge in [0.2, 0.25) is 10.0 Å². The standard InChI is InChI=1S/C24H30N4O3S2/c1-15-12-16(2)22(17(3)13-15)33(30,31)28-10-8-27(9-11-28)14-20-25-23(29)21-18-6-4-5-7-19(18)32-24(21)26-20/h12-13H,4-11,14H2,1-3H3,(H,25,26,29). The number of fused-ring (bicyclic) bond motifs is 3. The first kappa shape index (κ1) is 22.7. The zero-order valence-corrected chi connectivity index (χ0v) is 21.0. The molecule has 3 heterocycles. The molecular weight excluding hydrogens is 456 g/mol. The van der Waals surface area contributed by atoms with Gasteiger partial charge >= 0.3 is 0 Å². The minimum absolute atomic E-state index is 0.0408. The zero-order valence-electron chi connectivity index (χ0n) is 19.4. The maximum absolute atomic E-state index is 13.3. The summed E-state index contributed by atoms with van der Waals surface area (Å²) in [6, 6.07) is 3.85. The van der Waals surface area contributed by atoms with Crippen molar-refractivity contribution in [1.82, 2.24) is 19.2 Å². The summed E-state index contributed by atoms with van der Waals surface area (Å²) in [6.45, 7) is 8.29. The number of sulfonamides is 1. The van der Waals surface area contributed by atoms with Crippen molar-refractivity contribution in [3.05, 3.63) is 55.4 Å². The van der Waals surface area contributed by atoms with E-state index in [1.54, 1.807) is 15.6 Å². The SMILES string of the molecule is Cc1cc(C)c(S(=O)(=O)N2CCN(Cc3nc4sc5c(c4c(=O)[nH]3)CCCC5)CC2)c(C)c1.